The quantitative estimate of drug-likeness (QED) is 0.774. The third-order valence-corrected chi connectivity index (χ3v) is 4.25. The Morgan fingerprint density at radius 1 is 1.10 bits per heavy atom. The lowest BCUT2D eigenvalue weighted by Crippen LogP contribution is -2.44. The minimum atomic E-state index is -0.821. The third-order valence-electron chi connectivity index (χ3n) is 4.25. The molecule has 0 bridgehead atoms. The van der Waals surface area contributed by atoms with Crippen molar-refractivity contribution in [1.29, 1.82) is 0 Å². The Morgan fingerprint density at radius 2 is 1.71 bits per heavy atom. The van der Waals surface area contributed by atoms with Gasteiger partial charge in [0.15, 0.2) is 0 Å². The van der Waals surface area contributed by atoms with E-state index < -0.39 is 11.4 Å². The van der Waals surface area contributed by atoms with Crippen LogP contribution in [0.3, 0.4) is 0 Å². The maximum atomic E-state index is 12.1. The van der Waals surface area contributed by atoms with Gasteiger partial charge in [-0.3, -0.25) is 9.59 Å². The van der Waals surface area contributed by atoms with Gasteiger partial charge in [-0.15, -0.1) is 0 Å². The van der Waals surface area contributed by atoms with E-state index in [0.717, 1.165) is 24.8 Å². The van der Waals surface area contributed by atoms with E-state index in [0.29, 0.717) is 18.4 Å². The van der Waals surface area contributed by atoms with Gasteiger partial charge in [0, 0.05) is 12.1 Å². The van der Waals surface area contributed by atoms with Gasteiger partial charge >= 0.3 is 5.97 Å². The predicted molar refractivity (Wildman–Crippen MR) is 77.9 cm³/mol. The molecule has 1 fully saturated rings. The second kappa shape index (κ2) is 6.72. The number of carbonyl (C=O) groups excluding carboxylic acids is 1. The molecule has 1 amide bonds. The number of aliphatic hydroxyl groups is 1. The molecule has 0 saturated heterocycles. The van der Waals surface area contributed by atoms with Crippen LogP contribution in [0.15, 0.2) is 24.3 Å². The summed E-state index contributed by atoms with van der Waals surface area (Å²) in [7, 11) is 0. The first-order chi connectivity index (χ1) is 10.1. The molecule has 0 aromatic heterocycles. The predicted octanol–water partition coefficient (Wildman–Crippen LogP) is 1.94. The second-order valence-corrected chi connectivity index (χ2v) is 5.68. The summed E-state index contributed by atoms with van der Waals surface area (Å²) in [5.41, 5.74) is 0.392. The zero-order valence-corrected chi connectivity index (χ0v) is 12.0. The van der Waals surface area contributed by atoms with Crippen molar-refractivity contribution in [2.45, 2.75) is 38.7 Å². The minimum Gasteiger partial charge on any atom is -0.481 e. The molecule has 1 aromatic carbocycles. The number of carbonyl (C=O) groups is 2. The normalized spacial score (nSPS) is 17.2. The number of aliphatic hydroxyl groups excluding tert-OH is 1. The maximum Gasteiger partial charge on any atom is 0.311 e. The van der Waals surface area contributed by atoms with Crippen molar-refractivity contribution >= 4 is 11.9 Å². The molecular weight excluding hydrogens is 270 g/mol. The molecule has 0 unspecified atom stereocenters. The molecule has 0 atom stereocenters. The van der Waals surface area contributed by atoms with Crippen LogP contribution in [0.2, 0.25) is 0 Å². The van der Waals surface area contributed by atoms with Crippen LogP contribution >= 0.6 is 0 Å². The van der Waals surface area contributed by atoms with Crippen molar-refractivity contribution in [2.24, 2.45) is 5.41 Å². The number of rotatable bonds is 5. The van der Waals surface area contributed by atoms with Gasteiger partial charge in [0.05, 0.1) is 12.0 Å². The van der Waals surface area contributed by atoms with Gasteiger partial charge in [-0.1, -0.05) is 31.4 Å². The van der Waals surface area contributed by atoms with Crippen molar-refractivity contribution in [3.8, 4) is 0 Å². The van der Waals surface area contributed by atoms with Crippen LogP contribution in [0.4, 0.5) is 0 Å². The molecule has 5 nitrogen and oxygen atoms in total. The van der Waals surface area contributed by atoms with Crippen LogP contribution in [-0.4, -0.2) is 28.6 Å². The van der Waals surface area contributed by atoms with Gasteiger partial charge in [0.1, 0.15) is 0 Å². The molecule has 21 heavy (non-hydrogen) atoms. The molecule has 0 spiro atoms. The van der Waals surface area contributed by atoms with E-state index in [4.69, 9.17) is 5.11 Å². The molecule has 2 rings (SSSR count). The topological polar surface area (TPSA) is 86.6 Å². The lowest BCUT2D eigenvalue weighted by Gasteiger charge is -2.33. The van der Waals surface area contributed by atoms with Gasteiger partial charge in [0.2, 0.25) is 0 Å². The number of amides is 1. The number of carboxylic acid groups (broad SMARTS) is 1. The molecule has 0 heterocycles. The molecule has 114 valence electrons. The summed E-state index contributed by atoms with van der Waals surface area (Å²) in [4.78, 5) is 23.6. The third kappa shape index (κ3) is 3.61. The fourth-order valence-electron chi connectivity index (χ4n) is 2.81. The van der Waals surface area contributed by atoms with Gasteiger partial charge in [-0.05, 0) is 30.5 Å². The molecule has 0 aliphatic heterocycles. The standard InChI is InChI=1S/C16H21NO4/c18-10-12-4-6-13(7-5-12)14(19)17-11-16(15(20)21)8-2-1-3-9-16/h4-7,18H,1-3,8-11H2,(H,17,19)(H,20,21). The maximum absolute atomic E-state index is 12.1. The number of hydrogen-bond donors (Lipinski definition) is 3. The molecule has 0 radical (unpaired) electrons. The van der Waals surface area contributed by atoms with Crippen molar-refractivity contribution in [1.82, 2.24) is 5.32 Å². The van der Waals surface area contributed by atoms with Gasteiger partial charge in [-0.25, -0.2) is 0 Å². The molecular formula is C16H21NO4. The molecule has 1 aliphatic carbocycles. The lowest BCUT2D eigenvalue weighted by atomic mass is 9.74. The van der Waals surface area contributed by atoms with E-state index in [9.17, 15) is 14.7 Å². The van der Waals surface area contributed by atoms with Crippen LogP contribution in [-0.2, 0) is 11.4 Å². The highest BCUT2D eigenvalue weighted by Crippen LogP contribution is 2.36. The van der Waals surface area contributed by atoms with Crippen LogP contribution in [0.5, 0.6) is 0 Å². The monoisotopic (exact) mass is 291 g/mol. The van der Waals surface area contributed by atoms with Crippen LogP contribution < -0.4 is 5.32 Å². The highest BCUT2D eigenvalue weighted by Gasteiger charge is 2.39. The molecule has 1 aliphatic rings. The second-order valence-electron chi connectivity index (χ2n) is 5.68. The van der Waals surface area contributed by atoms with E-state index in [2.05, 4.69) is 5.32 Å². The average molecular weight is 291 g/mol. The summed E-state index contributed by atoms with van der Waals surface area (Å²) in [6.45, 7) is 0.104. The van der Waals surface area contributed by atoms with Gasteiger partial charge in [0.25, 0.3) is 5.91 Å². The summed E-state index contributed by atoms with van der Waals surface area (Å²) in [5.74, 6) is -1.09. The largest absolute Gasteiger partial charge is 0.481 e. The Balaban J connectivity index is 1.99. The van der Waals surface area contributed by atoms with E-state index in [1.165, 1.54) is 0 Å². The lowest BCUT2D eigenvalue weighted by molar-refractivity contribution is -0.150. The SMILES string of the molecule is O=C(NCC1(C(=O)O)CCCCC1)c1ccc(CO)cc1. The van der Waals surface area contributed by atoms with Crippen molar-refractivity contribution in [3.63, 3.8) is 0 Å². The Bertz CT molecular complexity index is 504. The fraction of sp³-hybridized carbons (Fsp3) is 0.500. The number of carboxylic acids is 1. The van der Waals surface area contributed by atoms with Gasteiger partial charge < -0.3 is 15.5 Å². The first-order valence-corrected chi connectivity index (χ1v) is 7.29. The van der Waals surface area contributed by atoms with E-state index in [1.54, 1.807) is 24.3 Å². The Hall–Kier alpha value is -1.88. The smallest absolute Gasteiger partial charge is 0.311 e. The van der Waals surface area contributed by atoms with Crippen molar-refractivity contribution in [3.05, 3.63) is 35.4 Å². The Labute approximate surface area is 124 Å². The van der Waals surface area contributed by atoms with Crippen LogP contribution in [0.25, 0.3) is 0 Å². The molecule has 3 N–H and O–H groups in total. The number of aliphatic carboxylic acids is 1. The summed E-state index contributed by atoms with van der Waals surface area (Å²) < 4.78 is 0. The molecule has 1 aromatic rings. The highest BCUT2D eigenvalue weighted by molar-refractivity contribution is 5.94. The van der Waals surface area contributed by atoms with Crippen LogP contribution in [0, 0.1) is 5.41 Å². The number of hydrogen-bond acceptors (Lipinski definition) is 3. The fourth-order valence-corrected chi connectivity index (χ4v) is 2.81. The van der Waals surface area contributed by atoms with E-state index in [1.807, 2.05) is 0 Å². The summed E-state index contributed by atoms with van der Waals surface area (Å²) >= 11 is 0. The van der Waals surface area contributed by atoms with Crippen molar-refractivity contribution < 1.29 is 19.8 Å². The molecule has 5 heteroatoms. The average Bonchev–Trinajstić information content (AvgIpc) is 2.53. The highest BCUT2D eigenvalue weighted by atomic mass is 16.4. The van der Waals surface area contributed by atoms with E-state index >= 15 is 0 Å². The van der Waals surface area contributed by atoms with Crippen molar-refractivity contribution in [2.75, 3.05) is 6.54 Å². The zero-order valence-electron chi connectivity index (χ0n) is 12.0. The first kappa shape index (κ1) is 15.5. The molecule has 1 saturated carbocycles. The summed E-state index contributed by atoms with van der Waals surface area (Å²) in [6, 6.07) is 6.63. The Morgan fingerprint density at radius 3 is 2.24 bits per heavy atom. The summed E-state index contributed by atoms with van der Waals surface area (Å²) in [5, 5.41) is 21.2. The Kier molecular flexibility index (Phi) is 4.96. The number of benzene rings is 1. The number of nitrogens with one attached hydrogen (secondary N) is 1. The minimum absolute atomic E-state index is 0.0655. The van der Waals surface area contributed by atoms with Gasteiger partial charge in [-0.2, -0.15) is 0 Å². The van der Waals surface area contributed by atoms with E-state index in [-0.39, 0.29) is 19.1 Å². The zero-order chi connectivity index (χ0) is 15.3. The summed E-state index contributed by atoms with van der Waals surface area (Å²) in [6.07, 6.45) is 4.09. The first-order valence-electron chi connectivity index (χ1n) is 7.29. The van der Waals surface area contributed by atoms with Crippen LogP contribution in [0.1, 0.15) is 48.0 Å².